The Morgan fingerprint density at radius 1 is 1.10 bits per heavy atom. The smallest absolute Gasteiger partial charge is 0.302 e. The van der Waals surface area contributed by atoms with Gasteiger partial charge < -0.3 is 9.47 Å². The fourth-order valence-corrected chi connectivity index (χ4v) is 8.02. The van der Waals surface area contributed by atoms with Crippen LogP contribution < -0.4 is 0 Å². The standard InChI is InChI=1S/C25H37NO5/c1-14(30-15(2)27)20-8-9-21-19-7-6-17-12-18(31-16(3)28)10-11-24(17,4)22(19)23(29)26-13-25(20,21)5/h13-14,17-22H,6-12H2,1-5H3. The molecule has 6 heteroatoms. The maximum Gasteiger partial charge on any atom is 0.302 e. The van der Waals surface area contributed by atoms with Crippen LogP contribution in [0, 0.1) is 40.4 Å². The van der Waals surface area contributed by atoms with Gasteiger partial charge in [-0.15, -0.1) is 0 Å². The molecule has 6 nitrogen and oxygen atoms in total. The first kappa shape index (κ1) is 22.5. The zero-order valence-electron chi connectivity index (χ0n) is 19.6. The lowest BCUT2D eigenvalue weighted by atomic mass is 9.49. The highest BCUT2D eigenvalue weighted by atomic mass is 16.5. The number of aliphatic imine (C=N–C) groups is 1. The summed E-state index contributed by atoms with van der Waals surface area (Å²) in [6.45, 7) is 9.41. The quantitative estimate of drug-likeness (QED) is 0.621. The second-order valence-electron chi connectivity index (χ2n) is 11.0. The van der Waals surface area contributed by atoms with E-state index >= 15 is 0 Å². The average molecular weight is 432 g/mol. The Kier molecular flexibility index (Phi) is 5.80. The van der Waals surface area contributed by atoms with Crippen LogP contribution in [-0.4, -0.2) is 36.3 Å². The summed E-state index contributed by atoms with van der Waals surface area (Å²) in [4.78, 5) is 41.0. The summed E-state index contributed by atoms with van der Waals surface area (Å²) < 4.78 is 11.1. The normalized spacial score (nSPS) is 45.0. The second-order valence-corrected chi connectivity index (χ2v) is 11.0. The van der Waals surface area contributed by atoms with Crippen molar-refractivity contribution in [1.29, 1.82) is 0 Å². The van der Waals surface area contributed by atoms with E-state index < -0.39 is 0 Å². The molecule has 9 unspecified atom stereocenters. The molecule has 0 aromatic heterocycles. The van der Waals surface area contributed by atoms with Gasteiger partial charge in [0.1, 0.15) is 12.2 Å². The van der Waals surface area contributed by atoms with Gasteiger partial charge in [-0.2, -0.15) is 0 Å². The van der Waals surface area contributed by atoms with E-state index in [0.29, 0.717) is 17.8 Å². The van der Waals surface area contributed by atoms with Crippen LogP contribution in [0.4, 0.5) is 0 Å². The molecule has 0 N–H and O–H groups in total. The van der Waals surface area contributed by atoms with Crippen LogP contribution in [-0.2, 0) is 23.9 Å². The second kappa shape index (κ2) is 8.00. The number of carbonyl (C=O) groups is 3. The van der Waals surface area contributed by atoms with Crippen molar-refractivity contribution in [2.45, 2.75) is 91.8 Å². The molecule has 3 aliphatic carbocycles. The lowest BCUT2D eigenvalue weighted by molar-refractivity contribution is -0.160. The number of amides is 1. The van der Waals surface area contributed by atoms with Gasteiger partial charge in [-0.1, -0.05) is 13.8 Å². The highest BCUT2D eigenvalue weighted by Gasteiger charge is 2.61. The predicted molar refractivity (Wildman–Crippen MR) is 116 cm³/mol. The summed E-state index contributed by atoms with van der Waals surface area (Å²) in [5.74, 6) is 0.729. The molecule has 4 rings (SSSR count). The highest BCUT2D eigenvalue weighted by Crippen LogP contribution is 2.63. The molecule has 172 valence electrons. The van der Waals surface area contributed by atoms with E-state index in [-0.39, 0.29) is 52.7 Å². The summed E-state index contributed by atoms with van der Waals surface area (Å²) in [6.07, 6.45) is 8.40. The summed E-state index contributed by atoms with van der Waals surface area (Å²) >= 11 is 0. The molecule has 3 fully saturated rings. The van der Waals surface area contributed by atoms with Crippen molar-refractivity contribution >= 4 is 24.1 Å². The van der Waals surface area contributed by atoms with Crippen LogP contribution in [0.15, 0.2) is 4.99 Å². The number of hydrogen-bond acceptors (Lipinski definition) is 5. The third-order valence-corrected chi connectivity index (χ3v) is 9.36. The third kappa shape index (κ3) is 3.74. The van der Waals surface area contributed by atoms with Crippen LogP contribution >= 0.6 is 0 Å². The molecule has 0 saturated heterocycles. The molecule has 31 heavy (non-hydrogen) atoms. The van der Waals surface area contributed by atoms with E-state index in [1.807, 2.05) is 13.1 Å². The third-order valence-electron chi connectivity index (χ3n) is 9.36. The van der Waals surface area contributed by atoms with Gasteiger partial charge in [0.15, 0.2) is 0 Å². The molecular formula is C25H37NO5. The molecule has 1 aliphatic heterocycles. The largest absolute Gasteiger partial charge is 0.463 e. The van der Waals surface area contributed by atoms with Crippen LogP contribution in [0.1, 0.15) is 79.6 Å². The summed E-state index contributed by atoms with van der Waals surface area (Å²) in [5.41, 5.74) is -0.332. The van der Waals surface area contributed by atoms with Crippen LogP contribution in [0.5, 0.6) is 0 Å². The Balaban J connectivity index is 1.61. The maximum atomic E-state index is 13.4. The minimum atomic E-state index is -0.253. The molecule has 1 heterocycles. The van der Waals surface area contributed by atoms with Crippen LogP contribution in [0.2, 0.25) is 0 Å². The minimum Gasteiger partial charge on any atom is -0.463 e. The first-order chi connectivity index (χ1) is 14.6. The van der Waals surface area contributed by atoms with E-state index in [1.54, 1.807) is 0 Å². The summed E-state index contributed by atoms with van der Waals surface area (Å²) in [6, 6.07) is 0. The molecule has 9 atom stereocenters. The Morgan fingerprint density at radius 3 is 2.52 bits per heavy atom. The number of fused-ring (bicyclic) bond motifs is 5. The Bertz CT molecular complexity index is 793. The predicted octanol–water partition coefficient (Wildman–Crippen LogP) is 4.35. The van der Waals surface area contributed by atoms with E-state index in [0.717, 1.165) is 44.9 Å². The summed E-state index contributed by atoms with van der Waals surface area (Å²) in [7, 11) is 0. The molecule has 4 aliphatic rings. The van der Waals surface area contributed by atoms with E-state index in [1.165, 1.54) is 13.8 Å². The number of esters is 2. The SMILES string of the molecule is CC(=O)OC1CCC2(C)C(CCC3C4CCC(C(C)OC(C)=O)C4(C)C=NC(=O)C32)C1. The molecule has 0 aromatic rings. The van der Waals surface area contributed by atoms with E-state index in [9.17, 15) is 14.4 Å². The zero-order valence-corrected chi connectivity index (χ0v) is 19.6. The van der Waals surface area contributed by atoms with Gasteiger partial charge in [0.05, 0.1) is 0 Å². The Morgan fingerprint density at radius 2 is 1.84 bits per heavy atom. The maximum absolute atomic E-state index is 13.4. The molecule has 3 saturated carbocycles. The number of rotatable bonds is 3. The molecule has 0 aromatic carbocycles. The van der Waals surface area contributed by atoms with Gasteiger partial charge in [0.25, 0.3) is 0 Å². The minimum absolute atomic E-state index is 0.0256. The van der Waals surface area contributed by atoms with Crippen LogP contribution in [0.3, 0.4) is 0 Å². The van der Waals surface area contributed by atoms with Crippen molar-refractivity contribution in [3.05, 3.63) is 0 Å². The van der Waals surface area contributed by atoms with Crippen LogP contribution in [0.25, 0.3) is 0 Å². The van der Waals surface area contributed by atoms with Gasteiger partial charge in [0.2, 0.25) is 5.91 Å². The first-order valence-electron chi connectivity index (χ1n) is 12.0. The van der Waals surface area contributed by atoms with Gasteiger partial charge in [-0.05, 0) is 75.0 Å². The number of carbonyl (C=O) groups excluding carboxylic acids is 3. The lowest BCUT2D eigenvalue weighted by Gasteiger charge is -2.55. The number of nitrogens with zero attached hydrogens (tertiary/aromatic N) is 1. The van der Waals surface area contributed by atoms with Crippen molar-refractivity contribution in [2.75, 3.05) is 0 Å². The lowest BCUT2D eigenvalue weighted by Crippen LogP contribution is -2.53. The van der Waals surface area contributed by atoms with Gasteiger partial charge in [0, 0.05) is 37.3 Å². The number of ether oxygens (including phenoxy) is 2. The first-order valence-corrected chi connectivity index (χ1v) is 12.0. The van der Waals surface area contributed by atoms with Gasteiger partial charge in [-0.3, -0.25) is 14.4 Å². The van der Waals surface area contributed by atoms with Gasteiger partial charge in [-0.25, -0.2) is 4.99 Å². The fourth-order valence-electron chi connectivity index (χ4n) is 8.02. The van der Waals surface area contributed by atoms with Crippen molar-refractivity contribution in [3.8, 4) is 0 Å². The Hall–Kier alpha value is -1.72. The zero-order chi connectivity index (χ0) is 22.6. The molecule has 0 spiro atoms. The van der Waals surface area contributed by atoms with Crippen molar-refractivity contribution in [1.82, 2.24) is 0 Å². The fraction of sp³-hybridized carbons (Fsp3) is 0.840. The van der Waals surface area contributed by atoms with E-state index in [2.05, 4.69) is 18.8 Å². The topological polar surface area (TPSA) is 82.0 Å². The number of hydrogen-bond donors (Lipinski definition) is 0. The Labute approximate surface area is 185 Å². The molecule has 0 bridgehead atoms. The van der Waals surface area contributed by atoms with Crippen molar-refractivity contribution in [3.63, 3.8) is 0 Å². The van der Waals surface area contributed by atoms with Crippen molar-refractivity contribution in [2.24, 2.45) is 45.4 Å². The average Bonchev–Trinajstić information content (AvgIpc) is 2.96. The monoisotopic (exact) mass is 431 g/mol. The van der Waals surface area contributed by atoms with Gasteiger partial charge >= 0.3 is 11.9 Å². The van der Waals surface area contributed by atoms with Crippen molar-refractivity contribution < 1.29 is 23.9 Å². The molecule has 1 amide bonds. The summed E-state index contributed by atoms with van der Waals surface area (Å²) in [5, 5.41) is 0. The molecule has 0 radical (unpaired) electrons. The molecular weight excluding hydrogens is 394 g/mol. The van der Waals surface area contributed by atoms with E-state index in [4.69, 9.17) is 9.47 Å². The highest BCUT2D eigenvalue weighted by molar-refractivity contribution is 5.90.